The van der Waals surface area contributed by atoms with E-state index in [-0.39, 0.29) is 5.43 Å². The number of hydrogen-bond acceptors (Lipinski definition) is 4. The van der Waals surface area contributed by atoms with Crippen LogP contribution in [0.1, 0.15) is 18.4 Å². The van der Waals surface area contributed by atoms with E-state index >= 15 is 0 Å². The van der Waals surface area contributed by atoms with Gasteiger partial charge in [-0.05, 0) is 46.0 Å². The zero-order chi connectivity index (χ0) is 12.3. The summed E-state index contributed by atoms with van der Waals surface area (Å²) >= 11 is 4.95. The van der Waals surface area contributed by atoms with Crippen molar-refractivity contribution in [3.05, 3.63) is 20.3 Å². The van der Waals surface area contributed by atoms with E-state index in [1.54, 1.807) is 0 Å². The van der Waals surface area contributed by atoms with Crippen LogP contribution in [0.25, 0.3) is 0 Å². The first kappa shape index (κ1) is 13.3. The molecule has 0 aliphatic heterocycles. The first-order valence-corrected chi connectivity index (χ1v) is 6.01. The van der Waals surface area contributed by atoms with Gasteiger partial charge in [0.1, 0.15) is 0 Å². The van der Waals surface area contributed by atoms with E-state index in [0.717, 1.165) is 37.2 Å². The molecule has 0 aliphatic rings. The average molecular weight is 240 g/mol. The molecule has 0 N–H and O–H groups in total. The minimum atomic E-state index is 0.0441. The highest BCUT2D eigenvalue weighted by atomic mass is 32.1. The number of rotatable bonds is 6. The van der Waals surface area contributed by atoms with Gasteiger partial charge < -0.3 is 9.80 Å². The Morgan fingerprint density at radius 1 is 1.12 bits per heavy atom. The maximum Gasteiger partial charge on any atom is 0.220 e. The largest absolute Gasteiger partial charge is 0.371 e. The van der Waals surface area contributed by atoms with Crippen molar-refractivity contribution >= 4 is 17.9 Å². The Hall–Kier alpha value is -0.740. The molecule has 0 atom stereocenters. The lowest BCUT2D eigenvalue weighted by Gasteiger charge is -2.22. The summed E-state index contributed by atoms with van der Waals surface area (Å²) in [6.45, 7) is 3.95. The highest BCUT2D eigenvalue weighted by Crippen LogP contribution is 2.18. The van der Waals surface area contributed by atoms with Gasteiger partial charge >= 0.3 is 0 Å². The van der Waals surface area contributed by atoms with Gasteiger partial charge in [-0.15, -0.1) is 0 Å². The highest BCUT2D eigenvalue weighted by Gasteiger charge is 2.16. The van der Waals surface area contributed by atoms with E-state index in [1.807, 2.05) is 18.9 Å². The van der Waals surface area contributed by atoms with Gasteiger partial charge in [0.25, 0.3) is 0 Å². The van der Waals surface area contributed by atoms with Crippen molar-refractivity contribution in [3.63, 3.8) is 0 Å². The predicted octanol–water partition coefficient (Wildman–Crippen LogP) is 1.74. The Morgan fingerprint density at radius 2 is 1.69 bits per heavy atom. The maximum atomic E-state index is 11.5. The van der Waals surface area contributed by atoms with Crippen LogP contribution in [-0.4, -0.2) is 39.1 Å². The second-order valence-electron chi connectivity index (χ2n) is 4.56. The molecule has 0 saturated carbocycles. The quantitative estimate of drug-likeness (QED) is 0.558. The number of hydrogen-bond donors (Lipinski definition) is 0. The summed E-state index contributed by atoms with van der Waals surface area (Å²) in [4.78, 5) is 15.7. The molecule has 16 heavy (non-hydrogen) atoms. The molecular formula is C12H20N2OS. The predicted molar refractivity (Wildman–Crippen MR) is 71.7 cm³/mol. The van der Waals surface area contributed by atoms with Crippen LogP contribution in [0.2, 0.25) is 0 Å². The van der Waals surface area contributed by atoms with Crippen molar-refractivity contribution in [2.24, 2.45) is 0 Å². The average Bonchev–Trinajstić information content (AvgIpc) is 2.24. The monoisotopic (exact) mass is 240 g/mol. The summed E-state index contributed by atoms with van der Waals surface area (Å²) < 4.78 is 0.509. The summed E-state index contributed by atoms with van der Waals surface area (Å²) in [5.74, 6) is 0. The Bertz CT molecular complexity index is 419. The third kappa shape index (κ3) is 2.89. The molecule has 3 nitrogen and oxygen atoms in total. The SMILES string of the molecule is Cc1c(N(C)CCCCN(C)C)c(=O)c1=S. The summed E-state index contributed by atoms with van der Waals surface area (Å²) in [5, 5.41) is 0. The van der Waals surface area contributed by atoms with E-state index in [2.05, 4.69) is 19.0 Å². The standard InChI is InChI=1S/C12H20N2OS/c1-9-10(11(15)12(9)16)14(4)8-6-5-7-13(2)3/h5-8H2,1-4H3. The smallest absolute Gasteiger partial charge is 0.220 e. The molecule has 0 bridgehead atoms. The van der Waals surface area contributed by atoms with Crippen LogP contribution in [0.3, 0.4) is 0 Å². The fourth-order valence-corrected chi connectivity index (χ4v) is 2.03. The van der Waals surface area contributed by atoms with Crippen molar-refractivity contribution in [1.82, 2.24) is 4.90 Å². The molecule has 0 fully saturated rings. The zero-order valence-corrected chi connectivity index (χ0v) is 11.4. The number of nitrogens with zero attached hydrogens (tertiary/aromatic N) is 2. The number of unbranched alkanes of at least 4 members (excludes halogenated alkanes) is 1. The molecule has 0 spiro atoms. The van der Waals surface area contributed by atoms with Crippen molar-refractivity contribution in [3.8, 4) is 0 Å². The normalized spacial score (nSPS) is 11.3. The van der Waals surface area contributed by atoms with Crippen LogP contribution < -0.4 is 10.3 Å². The summed E-state index contributed by atoms with van der Waals surface area (Å²) in [5.41, 5.74) is 1.84. The van der Waals surface area contributed by atoms with Crippen LogP contribution in [0.4, 0.5) is 5.69 Å². The molecule has 0 saturated heterocycles. The van der Waals surface area contributed by atoms with E-state index < -0.39 is 0 Å². The summed E-state index contributed by atoms with van der Waals surface area (Å²) in [6.07, 6.45) is 2.26. The maximum absolute atomic E-state index is 11.5. The minimum Gasteiger partial charge on any atom is -0.371 e. The fourth-order valence-electron chi connectivity index (χ4n) is 1.84. The Balaban J connectivity index is 2.40. The van der Waals surface area contributed by atoms with Crippen LogP contribution in [0, 0.1) is 11.4 Å². The molecule has 1 aromatic rings. The van der Waals surface area contributed by atoms with Crippen LogP contribution in [0.15, 0.2) is 4.79 Å². The van der Waals surface area contributed by atoms with Gasteiger partial charge in [-0.3, -0.25) is 4.79 Å². The first-order chi connectivity index (χ1) is 7.45. The van der Waals surface area contributed by atoms with Gasteiger partial charge in [-0.25, -0.2) is 0 Å². The van der Waals surface area contributed by atoms with E-state index in [9.17, 15) is 4.79 Å². The van der Waals surface area contributed by atoms with E-state index in [1.165, 1.54) is 0 Å². The van der Waals surface area contributed by atoms with Crippen LogP contribution in [0.5, 0.6) is 0 Å². The lowest BCUT2D eigenvalue weighted by atomic mass is 10.1. The molecule has 0 heterocycles. The van der Waals surface area contributed by atoms with Gasteiger partial charge in [-0.2, -0.15) is 0 Å². The third-order valence-corrected chi connectivity index (χ3v) is 3.34. The molecule has 0 aliphatic carbocycles. The molecule has 1 rings (SSSR count). The zero-order valence-electron chi connectivity index (χ0n) is 10.5. The molecule has 0 unspecified atom stereocenters. The summed E-state index contributed by atoms with van der Waals surface area (Å²) in [6, 6.07) is 0. The van der Waals surface area contributed by atoms with Crippen LogP contribution in [-0.2, 0) is 0 Å². The van der Waals surface area contributed by atoms with Crippen LogP contribution >= 0.6 is 12.2 Å². The van der Waals surface area contributed by atoms with Gasteiger partial charge in [-0.1, -0.05) is 12.2 Å². The van der Waals surface area contributed by atoms with E-state index in [4.69, 9.17) is 12.2 Å². The Kier molecular flexibility index (Phi) is 4.62. The van der Waals surface area contributed by atoms with Gasteiger partial charge in [0.2, 0.25) is 5.43 Å². The summed E-state index contributed by atoms with van der Waals surface area (Å²) in [7, 11) is 6.11. The fraction of sp³-hybridized carbons (Fsp3) is 0.667. The topological polar surface area (TPSA) is 23.6 Å². The van der Waals surface area contributed by atoms with Gasteiger partial charge in [0.05, 0.1) is 10.2 Å². The Morgan fingerprint density at radius 3 is 2.19 bits per heavy atom. The Labute approximate surface area is 102 Å². The molecular weight excluding hydrogens is 220 g/mol. The van der Waals surface area contributed by atoms with E-state index in [0.29, 0.717) is 4.51 Å². The minimum absolute atomic E-state index is 0.0441. The molecule has 4 heteroatoms. The van der Waals surface area contributed by atoms with Crippen molar-refractivity contribution in [2.45, 2.75) is 19.8 Å². The molecule has 0 aromatic heterocycles. The molecule has 0 radical (unpaired) electrons. The van der Waals surface area contributed by atoms with Crippen molar-refractivity contribution < 1.29 is 0 Å². The van der Waals surface area contributed by atoms with Crippen molar-refractivity contribution in [1.29, 1.82) is 0 Å². The number of anilines is 1. The third-order valence-electron chi connectivity index (χ3n) is 2.85. The highest BCUT2D eigenvalue weighted by molar-refractivity contribution is 7.71. The second-order valence-corrected chi connectivity index (χ2v) is 4.97. The lowest BCUT2D eigenvalue weighted by molar-refractivity contribution is 0.395. The van der Waals surface area contributed by atoms with Crippen molar-refractivity contribution in [2.75, 3.05) is 39.1 Å². The molecule has 1 aromatic carbocycles. The molecule has 90 valence electrons. The van der Waals surface area contributed by atoms with Gasteiger partial charge in [0.15, 0.2) is 0 Å². The first-order valence-electron chi connectivity index (χ1n) is 5.61. The van der Waals surface area contributed by atoms with Gasteiger partial charge in [0, 0.05) is 13.6 Å². The second kappa shape index (κ2) is 5.55. The molecule has 0 amide bonds. The lowest BCUT2D eigenvalue weighted by Crippen LogP contribution is -2.30.